The van der Waals surface area contributed by atoms with Crippen molar-refractivity contribution in [1.82, 2.24) is 10.4 Å². The molecule has 0 aromatic heterocycles. The molecule has 8 heteroatoms. The van der Waals surface area contributed by atoms with Crippen molar-refractivity contribution >= 4 is 12.0 Å². The van der Waals surface area contributed by atoms with Crippen LogP contribution < -0.4 is 5.43 Å². The number of nitrogens with one attached hydrogen (secondary N) is 1. The van der Waals surface area contributed by atoms with Gasteiger partial charge in [0.15, 0.2) is 0 Å². The molecule has 16 heavy (non-hydrogen) atoms. The molecule has 94 valence electrons. The van der Waals surface area contributed by atoms with E-state index in [2.05, 4.69) is 0 Å². The standard InChI is InChI=1S/C8H13F3N2O3/c1-7(2,3)16-6(15)13(4)12-5(14)8(9,10)11/h1-4H3,(H,12,14). The van der Waals surface area contributed by atoms with E-state index >= 15 is 0 Å². The number of rotatable bonds is 0. The Hall–Kier alpha value is -1.47. The van der Waals surface area contributed by atoms with E-state index in [-0.39, 0.29) is 0 Å². The van der Waals surface area contributed by atoms with Gasteiger partial charge in [0.25, 0.3) is 0 Å². The molecule has 0 aromatic rings. The van der Waals surface area contributed by atoms with E-state index in [1.54, 1.807) is 20.8 Å². The summed E-state index contributed by atoms with van der Waals surface area (Å²) in [7, 11) is 0.956. The summed E-state index contributed by atoms with van der Waals surface area (Å²) >= 11 is 0. The number of amides is 2. The molecule has 0 saturated carbocycles. The van der Waals surface area contributed by atoms with Gasteiger partial charge in [-0.05, 0) is 20.8 Å². The average Bonchev–Trinajstić information content (AvgIpc) is 1.98. The van der Waals surface area contributed by atoms with E-state index < -0.39 is 23.8 Å². The molecule has 0 aliphatic heterocycles. The summed E-state index contributed by atoms with van der Waals surface area (Å²) in [6.07, 6.45) is -6.12. The molecule has 0 bridgehead atoms. The number of hydrogen-bond acceptors (Lipinski definition) is 3. The molecule has 0 rings (SSSR count). The van der Waals surface area contributed by atoms with Crippen LogP contribution in [0, 0.1) is 0 Å². The first kappa shape index (κ1) is 14.5. The van der Waals surface area contributed by atoms with Crippen molar-refractivity contribution in [2.45, 2.75) is 32.5 Å². The van der Waals surface area contributed by atoms with Gasteiger partial charge in [-0.1, -0.05) is 0 Å². The molecule has 0 aromatic carbocycles. The lowest BCUT2D eigenvalue weighted by Crippen LogP contribution is -2.50. The SMILES string of the molecule is CN(NC(=O)C(F)(F)F)C(=O)OC(C)(C)C. The lowest BCUT2D eigenvalue weighted by molar-refractivity contribution is -0.177. The Kier molecular flexibility index (Phi) is 4.16. The van der Waals surface area contributed by atoms with Crippen LogP contribution in [0.2, 0.25) is 0 Å². The van der Waals surface area contributed by atoms with Crippen molar-refractivity contribution in [1.29, 1.82) is 0 Å². The van der Waals surface area contributed by atoms with Gasteiger partial charge < -0.3 is 4.74 Å². The van der Waals surface area contributed by atoms with Gasteiger partial charge in [0.1, 0.15) is 5.60 Å². The maximum Gasteiger partial charge on any atom is 0.472 e. The van der Waals surface area contributed by atoms with Gasteiger partial charge in [0.05, 0.1) is 0 Å². The molecule has 0 aliphatic rings. The summed E-state index contributed by atoms with van der Waals surface area (Å²) in [5.41, 5.74) is 0.484. The summed E-state index contributed by atoms with van der Waals surface area (Å²) in [4.78, 5) is 21.6. The first-order chi connectivity index (χ1) is 6.93. The number of carbonyl (C=O) groups is 2. The van der Waals surface area contributed by atoms with Crippen molar-refractivity contribution in [2.75, 3.05) is 7.05 Å². The van der Waals surface area contributed by atoms with Crippen LogP contribution in [-0.4, -0.2) is 35.8 Å². The zero-order chi connectivity index (χ0) is 13.1. The Morgan fingerprint density at radius 3 is 1.94 bits per heavy atom. The van der Waals surface area contributed by atoms with Crippen molar-refractivity contribution in [2.24, 2.45) is 0 Å². The first-order valence-corrected chi connectivity index (χ1v) is 4.28. The fourth-order valence-corrected chi connectivity index (χ4v) is 0.592. The number of hydrazine groups is 1. The van der Waals surface area contributed by atoms with Gasteiger partial charge in [-0.2, -0.15) is 13.2 Å². The van der Waals surface area contributed by atoms with Crippen molar-refractivity contribution < 1.29 is 27.5 Å². The number of nitrogens with zero attached hydrogens (tertiary/aromatic N) is 1. The van der Waals surface area contributed by atoms with E-state index in [0.717, 1.165) is 7.05 Å². The lowest BCUT2D eigenvalue weighted by atomic mass is 10.2. The van der Waals surface area contributed by atoms with E-state index in [4.69, 9.17) is 4.74 Å². The van der Waals surface area contributed by atoms with Crippen molar-refractivity contribution in [3.8, 4) is 0 Å². The van der Waals surface area contributed by atoms with Crippen LogP contribution in [0.5, 0.6) is 0 Å². The highest BCUT2D eigenvalue weighted by atomic mass is 19.4. The summed E-state index contributed by atoms with van der Waals surface area (Å²) in [6, 6.07) is 0. The first-order valence-electron chi connectivity index (χ1n) is 4.28. The van der Waals surface area contributed by atoms with E-state index in [0.29, 0.717) is 5.01 Å². The van der Waals surface area contributed by atoms with Gasteiger partial charge in [-0.3, -0.25) is 10.2 Å². The van der Waals surface area contributed by atoms with Crippen LogP contribution in [0.1, 0.15) is 20.8 Å². The normalized spacial score (nSPS) is 11.9. The maximum atomic E-state index is 11.8. The van der Waals surface area contributed by atoms with Crippen LogP contribution in [0.15, 0.2) is 0 Å². The summed E-state index contributed by atoms with van der Waals surface area (Å²) in [6.45, 7) is 4.64. The molecule has 0 heterocycles. The Morgan fingerprint density at radius 2 is 1.62 bits per heavy atom. The van der Waals surface area contributed by atoms with Crippen molar-refractivity contribution in [3.05, 3.63) is 0 Å². The molecule has 1 N–H and O–H groups in total. The number of hydrogen-bond donors (Lipinski definition) is 1. The molecule has 0 spiro atoms. The largest absolute Gasteiger partial charge is 0.472 e. The fourth-order valence-electron chi connectivity index (χ4n) is 0.592. The molecular weight excluding hydrogens is 229 g/mol. The Bertz CT molecular complexity index is 283. The second-order valence-corrected chi connectivity index (χ2v) is 3.98. The highest BCUT2D eigenvalue weighted by Crippen LogP contribution is 2.14. The minimum Gasteiger partial charge on any atom is -0.442 e. The highest BCUT2D eigenvalue weighted by Gasteiger charge is 2.40. The van der Waals surface area contributed by atoms with E-state index in [1.165, 1.54) is 5.43 Å². The zero-order valence-corrected chi connectivity index (χ0v) is 9.31. The average molecular weight is 242 g/mol. The molecule has 0 aliphatic carbocycles. The molecule has 0 radical (unpaired) electrons. The maximum absolute atomic E-state index is 11.8. The Labute approximate surface area is 90.5 Å². The van der Waals surface area contributed by atoms with Gasteiger partial charge in [-0.25, -0.2) is 9.80 Å². The van der Waals surface area contributed by atoms with Crippen molar-refractivity contribution in [3.63, 3.8) is 0 Å². The summed E-state index contributed by atoms with van der Waals surface area (Å²) in [5.74, 6) is -2.24. The third kappa shape index (κ3) is 5.42. The molecule has 5 nitrogen and oxygen atoms in total. The number of carbonyl (C=O) groups excluding carboxylic acids is 2. The number of ether oxygens (including phenoxy) is 1. The van der Waals surface area contributed by atoms with Crippen LogP contribution in [0.4, 0.5) is 18.0 Å². The van der Waals surface area contributed by atoms with E-state index in [9.17, 15) is 22.8 Å². The molecule has 0 atom stereocenters. The minimum absolute atomic E-state index is 0.334. The van der Waals surface area contributed by atoms with Gasteiger partial charge >= 0.3 is 18.2 Å². The molecule has 2 amide bonds. The third-order valence-electron chi connectivity index (χ3n) is 1.19. The predicted octanol–water partition coefficient (Wildman–Crippen LogP) is 1.45. The fraction of sp³-hybridized carbons (Fsp3) is 0.750. The quantitative estimate of drug-likeness (QED) is 0.654. The lowest BCUT2D eigenvalue weighted by Gasteiger charge is -2.24. The van der Waals surface area contributed by atoms with Crippen LogP contribution in [-0.2, 0) is 9.53 Å². The van der Waals surface area contributed by atoms with Crippen LogP contribution in [0.25, 0.3) is 0 Å². The summed E-state index contributed by atoms with van der Waals surface area (Å²) in [5, 5.41) is 0.334. The molecule has 0 unspecified atom stereocenters. The van der Waals surface area contributed by atoms with Crippen LogP contribution in [0.3, 0.4) is 0 Å². The zero-order valence-electron chi connectivity index (χ0n) is 9.31. The predicted molar refractivity (Wildman–Crippen MR) is 48.2 cm³/mol. The van der Waals surface area contributed by atoms with Gasteiger partial charge in [-0.15, -0.1) is 0 Å². The van der Waals surface area contributed by atoms with Gasteiger partial charge in [0.2, 0.25) is 0 Å². The summed E-state index contributed by atoms with van der Waals surface area (Å²) < 4.78 is 40.2. The molecule has 0 saturated heterocycles. The number of alkyl halides is 3. The second-order valence-electron chi connectivity index (χ2n) is 3.98. The minimum atomic E-state index is -5.05. The van der Waals surface area contributed by atoms with Gasteiger partial charge in [0, 0.05) is 7.05 Å². The Balaban J connectivity index is 4.33. The molecular formula is C8H13F3N2O3. The second kappa shape index (κ2) is 4.58. The monoisotopic (exact) mass is 242 g/mol. The topological polar surface area (TPSA) is 58.6 Å². The van der Waals surface area contributed by atoms with Crippen LogP contribution >= 0.6 is 0 Å². The van der Waals surface area contributed by atoms with E-state index in [1.807, 2.05) is 0 Å². The highest BCUT2D eigenvalue weighted by molar-refractivity contribution is 5.83. The Morgan fingerprint density at radius 1 is 1.19 bits per heavy atom. The molecule has 0 fully saturated rings. The third-order valence-corrected chi connectivity index (χ3v) is 1.19. The smallest absolute Gasteiger partial charge is 0.442 e. The number of halogens is 3.